The van der Waals surface area contributed by atoms with Crippen LogP contribution in [0.2, 0.25) is 0 Å². The second kappa shape index (κ2) is 5.36. The standard InChI is InChI=1S/C15H19N3O2/c1-15(2,3)20-13(19)10-18-8-7-17-14(18)11-5-4-6-12(16)9-11/h4-9H,10,16H2,1-3H3. The molecule has 0 saturated heterocycles. The summed E-state index contributed by atoms with van der Waals surface area (Å²) in [6.45, 7) is 5.66. The van der Waals surface area contributed by atoms with Crippen molar-refractivity contribution in [1.29, 1.82) is 0 Å². The van der Waals surface area contributed by atoms with Gasteiger partial charge in [0.25, 0.3) is 0 Å². The number of rotatable bonds is 3. The second-order valence-corrected chi connectivity index (χ2v) is 5.59. The summed E-state index contributed by atoms with van der Waals surface area (Å²) >= 11 is 0. The second-order valence-electron chi connectivity index (χ2n) is 5.59. The molecule has 0 fully saturated rings. The van der Waals surface area contributed by atoms with Gasteiger partial charge in [0.05, 0.1) is 0 Å². The molecule has 0 radical (unpaired) electrons. The Labute approximate surface area is 118 Å². The van der Waals surface area contributed by atoms with E-state index in [0.29, 0.717) is 11.5 Å². The van der Waals surface area contributed by atoms with Crippen LogP contribution in [0.1, 0.15) is 20.8 Å². The van der Waals surface area contributed by atoms with Crippen LogP contribution in [-0.4, -0.2) is 21.1 Å². The van der Waals surface area contributed by atoms with Crippen molar-refractivity contribution < 1.29 is 9.53 Å². The molecule has 0 atom stereocenters. The highest BCUT2D eigenvalue weighted by Crippen LogP contribution is 2.20. The number of nitrogens with zero attached hydrogens (tertiary/aromatic N) is 2. The number of imidazole rings is 1. The molecule has 0 amide bonds. The highest BCUT2D eigenvalue weighted by Gasteiger charge is 2.17. The van der Waals surface area contributed by atoms with E-state index in [0.717, 1.165) is 5.56 Å². The van der Waals surface area contributed by atoms with Crippen molar-refractivity contribution in [3.05, 3.63) is 36.7 Å². The quantitative estimate of drug-likeness (QED) is 0.689. The lowest BCUT2D eigenvalue weighted by Gasteiger charge is -2.20. The third-order valence-corrected chi connectivity index (χ3v) is 2.58. The lowest BCUT2D eigenvalue weighted by Crippen LogP contribution is -2.26. The average molecular weight is 273 g/mol. The molecule has 2 rings (SSSR count). The van der Waals surface area contributed by atoms with Gasteiger partial charge < -0.3 is 15.0 Å². The maximum absolute atomic E-state index is 11.9. The van der Waals surface area contributed by atoms with Gasteiger partial charge in [0.1, 0.15) is 18.0 Å². The molecule has 1 aromatic carbocycles. The maximum Gasteiger partial charge on any atom is 0.326 e. The molecule has 0 aliphatic carbocycles. The first-order chi connectivity index (χ1) is 9.35. The highest BCUT2D eigenvalue weighted by atomic mass is 16.6. The third kappa shape index (κ3) is 3.60. The van der Waals surface area contributed by atoms with Crippen LogP contribution < -0.4 is 5.73 Å². The summed E-state index contributed by atoms with van der Waals surface area (Å²) in [5.41, 5.74) is 6.81. The monoisotopic (exact) mass is 273 g/mol. The molecule has 5 nitrogen and oxygen atoms in total. The Morgan fingerprint density at radius 2 is 2.15 bits per heavy atom. The fraction of sp³-hybridized carbons (Fsp3) is 0.333. The van der Waals surface area contributed by atoms with E-state index < -0.39 is 5.60 Å². The van der Waals surface area contributed by atoms with Crippen LogP contribution in [0.15, 0.2) is 36.7 Å². The number of nitrogens with two attached hydrogens (primary N) is 1. The molecular formula is C15H19N3O2. The number of nitrogen functional groups attached to an aromatic ring is 1. The molecule has 20 heavy (non-hydrogen) atoms. The first kappa shape index (κ1) is 14.1. The van der Waals surface area contributed by atoms with Crippen LogP contribution >= 0.6 is 0 Å². The van der Waals surface area contributed by atoms with Gasteiger partial charge in [-0.1, -0.05) is 12.1 Å². The minimum absolute atomic E-state index is 0.126. The molecule has 0 saturated carbocycles. The Hall–Kier alpha value is -2.30. The van der Waals surface area contributed by atoms with E-state index in [1.165, 1.54) is 0 Å². The van der Waals surface area contributed by atoms with Crippen molar-refractivity contribution in [2.45, 2.75) is 32.9 Å². The van der Waals surface area contributed by atoms with Gasteiger partial charge in [0.2, 0.25) is 0 Å². The maximum atomic E-state index is 11.9. The van der Waals surface area contributed by atoms with Crippen LogP contribution in [0, 0.1) is 0 Å². The number of carbonyl (C=O) groups is 1. The summed E-state index contributed by atoms with van der Waals surface area (Å²) in [7, 11) is 0. The minimum atomic E-state index is -0.491. The average Bonchev–Trinajstić information content (AvgIpc) is 2.74. The molecule has 0 aliphatic rings. The largest absolute Gasteiger partial charge is 0.459 e. The fourth-order valence-electron chi connectivity index (χ4n) is 1.89. The van der Waals surface area contributed by atoms with E-state index in [2.05, 4.69) is 4.98 Å². The topological polar surface area (TPSA) is 70.1 Å². The third-order valence-electron chi connectivity index (χ3n) is 2.58. The zero-order chi connectivity index (χ0) is 14.8. The SMILES string of the molecule is CC(C)(C)OC(=O)Cn1ccnc1-c1cccc(N)c1. The number of ether oxygens (including phenoxy) is 1. The number of aromatic nitrogens is 2. The van der Waals surface area contributed by atoms with E-state index >= 15 is 0 Å². The fourth-order valence-corrected chi connectivity index (χ4v) is 1.89. The van der Waals surface area contributed by atoms with Gasteiger partial charge >= 0.3 is 5.97 Å². The summed E-state index contributed by atoms with van der Waals surface area (Å²) in [5, 5.41) is 0. The van der Waals surface area contributed by atoms with Crippen molar-refractivity contribution in [2.24, 2.45) is 0 Å². The van der Waals surface area contributed by atoms with Crippen LogP contribution in [0.25, 0.3) is 11.4 Å². The summed E-state index contributed by atoms with van der Waals surface area (Å²) in [5.74, 6) is 0.406. The highest BCUT2D eigenvalue weighted by molar-refractivity contribution is 5.71. The van der Waals surface area contributed by atoms with Crippen LogP contribution in [0.5, 0.6) is 0 Å². The summed E-state index contributed by atoms with van der Waals surface area (Å²) in [6.07, 6.45) is 3.41. The van der Waals surface area contributed by atoms with Gasteiger partial charge in [-0.2, -0.15) is 0 Å². The van der Waals surface area contributed by atoms with E-state index in [4.69, 9.17) is 10.5 Å². The molecular weight excluding hydrogens is 254 g/mol. The Morgan fingerprint density at radius 1 is 1.40 bits per heavy atom. The van der Waals surface area contributed by atoms with Gasteiger partial charge in [-0.3, -0.25) is 4.79 Å². The predicted molar refractivity (Wildman–Crippen MR) is 77.9 cm³/mol. The summed E-state index contributed by atoms with van der Waals surface area (Å²) < 4.78 is 7.07. The summed E-state index contributed by atoms with van der Waals surface area (Å²) in [6, 6.07) is 7.40. The zero-order valence-electron chi connectivity index (χ0n) is 12.0. The first-order valence-corrected chi connectivity index (χ1v) is 6.44. The van der Waals surface area contributed by atoms with Crippen molar-refractivity contribution in [1.82, 2.24) is 9.55 Å². The van der Waals surface area contributed by atoms with E-state index in [1.807, 2.05) is 45.0 Å². The van der Waals surface area contributed by atoms with Crippen LogP contribution in [0.4, 0.5) is 5.69 Å². The molecule has 106 valence electrons. The van der Waals surface area contributed by atoms with Gasteiger partial charge in [0, 0.05) is 23.6 Å². The van der Waals surface area contributed by atoms with Gasteiger partial charge in [-0.15, -0.1) is 0 Å². The number of esters is 1. The molecule has 0 spiro atoms. The number of hydrogen-bond acceptors (Lipinski definition) is 4. The van der Waals surface area contributed by atoms with E-state index in [1.54, 1.807) is 17.0 Å². The predicted octanol–water partition coefficient (Wildman–Crippen LogP) is 2.47. The first-order valence-electron chi connectivity index (χ1n) is 6.44. The Kier molecular flexibility index (Phi) is 3.79. The zero-order valence-corrected chi connectivity index (χ0v) is 12.0. The molecule has 1 aromatic heterocycles. The Bertz CT molecular complexity index is 612. The lowest BCUT2D eigenvalue weighted by molar-refractivity contribution is -0.155. The molecule has 2 aromatic rings. The van der Waals surface area contributed by atoms with Crippen LogP contribution in [-0.2, 0) is 16.1 Å². The van der Waals surface area contributed by atoms with Crippen molar-refractivity contribution in [3.8, 4) is 11.4 Å². The lowest BCUT2D eigenvalue weighted by atomic mass is 10.2. The number of hydrogen-bond donors (Lipinski definition) is 1. The Balaban J connectivity index is 2.19. The molecule has 0 unspecified atom stereocenters. The normalized spacial score (nSPS) is 11.3. The van der Waals surface area contributed by atoms with Gasteiger partial charge in [0.15, 0.2) is 0 Å². The molecule has 0 aliphatic heterocycles. The smallest absolute Gasteiger partial charge is 0.326 e. The molecule has 2 N–H and O–H groups in total. The molecule has 1 heterocycles. The van der Waals surface area contributed by atoms with Crippen molar-refractivity contribution in [3.63, 3.8) is 0 Å². The van der Waals surface area contributed by atoms with E-state index in [9.17, 15) is 4.79 Å². The van der Waals surface area contributed by atoms with E-state index in [-0.39, 0.29) is 12.5 Å². The Morgan fingerprint density at radius 3 is 2.80 bits per heavy atom. The number of anilines is 1. The molecule has 5 heteroatoms. The van der Waals surface area contributed by atoms with Gasteiger partial charge in [-0.05, 0) is 32.9 Å². The van der Waals surface area contributed by atoms with Gasteiger partial charge in [-0.25, -0.2) is 4.98 Å². The van der Waals surface area contributed by atoms with Crippen LogP contribution in [0.3, 0.4) is 0 Å². The summed E-state index contributed by atoms with van der Waals surface area (Å²) in [4.78, 5) is 16.2. The number of carbonyl (C=O) groups excluding carboxylic acids is 1. The van der Waals surface area contributed by atoms with Crippen molar-refractivity contribution in [2.75, 3.05) is 5.73 Å². The minimum Gasteiger partial charge on any atom is -0.459 e. The molecule has 0 bridgehead atoms. The number of benzene rings is 1. The van der Waals surface area contributed by atoms with Crippen molar-refractivity contribution >= 4 is 11.7 Å².